The van der Waals surface area contributed by atoms with Gasteiger partial charge in [-0.3, -0.25) is 4.99 Å². The SMILES string of the molecule is CN=C(NCCCOC(C)C)N1CCSC2(CCCCC2)C1.I. The van der Waals surface area contributed by atoms with Crippen LogP contribution < -0.4 is 5.32 Å². The van der Waals surface area contributed by atoms with Crippen molar-refractivity contribution in [3.05, 3.63) is 0 Å². The van der Waals surface area contributed by atoms with E-state index in [-0.39, 0.29) is 24.0 Å². The molecule has 2 rings (SSSR count). The fraction of sp³-hybridized carbons (Fsp3) is 0.941. The Morgan fingerprint density at radius 1 is 1.30 bits per heavy atom. The van der Waals surface area contributed by atoms with Crippen LogP contribution in [0.25, 0.3) is 0 Å². The molecule has 1 saturated heterocycles. The van der Waals surface area contributed by atoms with Crippen molar-refractivity contribution in [3.8, 4) is 0 Å². The zero-order chi connectivity index (χ0) is 15.8. The van der Waals surface area contributed by atoms with Gasteiger partial charge in [-0.05, 0) is 33.1 Å². The predicted octanol–water partition coefficient (Wildman–Crippen LogP) is 3.75. The summed E-state index contributed by atoms with van der Waals surface area (Å²) in [5.74, 6) is 2.31. The zero-order valence-corrected chi connectivity index (χ0v) is 18.1. The summed E-state index contributed by atoms with van der Waals surface area (Å²) in [5.41, 5.74) is 0. The number of aliphatic imine (C=N–C) groups is 1. The topological polar surface area (TPSA) is 36.9 Å². The van der Waals surface area contributed by atoms with E-state index in [0.29, 0.717) is 10.9 Å². The average Bonchev–Trinajstić information content (AvgIpc) is 2.51. The summed E-state index contributed by atoms with van der Waals surface area (Å²) in [4.78, 5) is 6.98. The second kappa shape index (κ2) is 11.0. The van der Waals surface area contributed by atoms with Crippen LogP contribution in [0.1, 0.15) is 52.4 Å². The van der Waals surface area contributed by atoms with E-state index in [1.54, 1.807) is 0 Å². The average molecular weight is 455 g/mol. The highest BCUT2D eigenvalue weighted by atomic mass is 127. The van der Waals surface area contributed by atoms with Crippen LogP contribution in [0.4, 0.5) is 0 Å². The second-order valence-corrected chi connectivity index (χ2v) is 8.32. The Bertz CT molecular complexity index is 354. The molecule has 1 heterocycles. The molecule has 1 N–H and O–H groups in total. The van der Waals surface area contributed by atoms with Gasteiger partial charge in [-0.1, -0.05) is 19.3 Å². The molecule has 0 aromatic rings. The molecule has 1 spiro atoms. The number of thioether (sulfide) groups is 1. The van der Waals surface area contributed by atoms with Crippen LogP contribution >= 0.6 is 35.7 Å². The van der Waals surface area contributed by atoms with E-state index in [1.165, 1.54) is 44.4 Å². The Morgan fingerprint density at radius 3 is 2.70 bits per heavy atom. The number of hydrogen-bond acceptors (Lipinski definition) is 3. The number of guanidine groups is 1. The molecule has 0 radical (unpaired) electrons. The Kier molecular flexibility index (Phi) is 10.2. The van der Waals surface area contributed by atoms with Crippen LogP contribution in [-0.4, -0.2) is 60.8 Å². The van der Waals surface area contributed by atoms with Crippen LogP contribution in [0, 0.1) is 0 Å². The van der Waals surface area contributed by atoms with Crippen LogP contribution in [-0.2, 0) is 4.74 Å². The summed E-state index contributed by atoms with van der Waals surface area (Å²) in [6.07, 6.45) is 8.35. The number of rotatable bonds is 5. The van der Waals surface area contributed by atoms with E-state index < -0.39 is 0 Å². The number of ether oxygens (including phenoxy) is 1. The fourth-order valence-corrected chi connectivity index (χ4v) is 5.02. The molecule has 136 valence electrons. The van der Waals surface area contributed by atoms with Crippen molar-refractivity contribution in [1.29, 1.82) is 0 Å². The summed E-state index contributed by atoms with van der Waals surface area (Å²) in [5, 5.41) is 3.52. The van der Waals surface area contributed by atoms with Crippen molar-refractivity contribution >= 4 is 41.7 Å². The van der Waals surface area contributed by atoms with Gasteiger partial charge in [-0.2, -0.15) is 11.8 Å². The van der Waals surface area contributed by atoms with Crippen molar-refractivity contribution in [2.24, 2.45) is 4.99 Å². The maximum absolute atomic E-state index is 5.60. The van der Waals surface area contributed by atoms with Gasteiger partial charge in [-0.25, -0.2) is 0 Å². The summed E-state index contributed by atoms with van der Waals surface area (Å²) in [6.45, 7) is 8.22. The molecule has 23 heavy (non-hydrogen) atoms. The van der Waals surface area contributed by atoms with E-state index in [1.807, 2.05) is 7.05 Å². The first-order chi connectivity index (χ1) is 10.7. The largest absolute Gasteiger partial charge is 0.379 e. The molecular weight excluding hydrogens is 421 g/mol. The molecule has 4 nitrogen and oxygen atoms in total. The highest BCUT2D eigenvalue weighted by molar-refractivity contribution is 14.0. The van der Waals surface area contributed by atoms with E-state index in [9.17, 15) is 0 Å². The van der Waals surface area contributed by atoms with Crippen LogP contribution in [0.15, 0.2) is 4.99 Å². The van der Waals surface area contributed by atoms with Gasteiger partial charge in [0.25, 0.3) is 0 Å². The normalized spacial score (nSPS) is 21.4. The van der Waals surface area contributed by atoms with Gasteiger partial charge in [-0.15, -0.1) is 24.0 Å². The second-order valence-electron chi connectivity index (χ2n) is 6.76. The molecule has 2 fully saturated rings. The molecule has 1 aliphatic heterocycles. The van der Waals surface area contributed by atoms with Gasteiger partial charge in [0, 0.05) is 43.8 Å². The summed E-state index contributed by atoms with van der Waals surface area (Å²) in [6, 6.07) is 0. The standard InChI is InChI=1S/C17H33N3OS.HI/c1-15(2)21-12-7-10-19-16(18-3)20-11-13-22-17(14-20)8-5-4-6-9-17;/h15H,4-14H2,1-3H3,(H,18,19);1H. The van der Waals surface area contributed by atoms with E-state index >= 15 is 0 Å². The quantitative estimate of drug-likeness (QED) is 0.297. The highest BCUT2D eigenvalue weighted by Gasteiger charge is 2.38. The molecule has 0 unspecified atom stereocenters. The number of halogens is 1. The lowest BCUT2D eigenvalue weighted by molar-refractivity contribution is 0.0775. The Labute approximate surface area is 163 Å². The van der Waals surface area contributed by atoms with Crippen LogP contribution in [0.2, 0.25) is 0 Å². The van der Waals surface area contributed by atoms with Gasteiger partial charge >= 0.3 is 0 Å². The first-order valence-electron chi connectivity index (χ1n) is 8.86. The molecule has 2 aliphatic rings. The summed E-state index contributed by atoms with van der Waals surface area (Å²) in [7, 11) is 1.91. The first-order valence-corrected chi connectivity index (χ1v) is 9.85. The van der Waals surface area contributed by atoms with Crippen molar-refractivity contribution in [2.75, 3.05) is 39.0 Å². The van der Waals surface area contributed by atoms with Gasteiger partial charge in [0.1, 0.15) is 0 Å². The minimum atomic E-state index is 0. The third-order valence-corrected chi connectivity index (χ3v) is 6.12. The zero-order valence-electron chi connectivity index (χ0n) is 15.0. The summed E-state index contributed by atoms with van der Waals surface area (Å²) < 4.78 is 6.09. The van der Waals surface area contributed by atoms with Crippen LogP contribution in [0.5, 0.6) is 0 Å². The third kappa shape index (κ3) is 6.98. The first kappa shape index (κ1) is 21.4. The Morgan fingerprint density at radius 2 is 2.04 bits per heavy atom. The minimum Gasteiger partial charge on any atom is -0.379 e. The van der Waals surface area contributed by atoms with Crippen molar-refractivity contribution < 1.29 is 4.74 Å². The van der Waals surface area contributed by atoms with E-state index in [4.69, 9.17) is 4.74 Å². The minimum absolute atomic E-state index is 0. The smallest absolute Gasteiger partial charge is 0.193 e. The van der Waals surface area contributed by atoms with Gasteiger partial charge < -0.3 is 15.0 Å². The fourth-order valence-electron chi connectivity index (χ4n) is 3.45. The maximum Gasteiger partial charge on any atom is 0.193 e. The van der Waals surface area contributed by atoms with Crippen molar-refractivity contribution in [2.45, 2.75) is 63.2 Å². The van der Waals surface area contributed by atoms with Gasteiger partial charge in [0.15, 0.2) is 5.96 Å². The molecule has 0 bridgehead atoms. The molecule has 1 saturated carbocycles. The lowest BCUT2D eigenvalue weighted by Gasteiger charge is -2.45. The number of nitrogens with zero attached hydrogens (tertiary/aromatic N) is 2. The monoisotopic (exact) mass is 455 g/mol. The lowest BCUT2D eigenvalue weighted by Crippen LogP contribution is -2.53. The molecule has 0 atom stereocenters. The highest BCUT2D eigenvalue weighted by Crippen LogP contribution is 2.42. The number of hydrogen-bond donors (Lipinski definition) is 1. The van der Waals surface area contributed by atoms with E-state index in [0.717, 1.165) is 32.1 Å². The molecular formula is C17H34IN3OS. The maximum atomic E-state index is 5.60. The third-order valence-electron chi connectivity index (χ3n) is 4.58. The van der Waals surface area contributed by atoms with Gasteiger partial charge in [0.2, 0.25) is 0 Å². The lowest BCUT2D eigenvalue weighted by atomic mass is 9.87. The molecule has 6 heteroatoms. The molecule has 0 amide bonds. The summed E-state index contributed by atoms with van der Waals surface area (Å²) >= 11 is 2.21. The van der Waals surface area contributed by atoms with E-state index in [2.05, 4.69) is 40.8 Å². The van der Waals surface area contributed by atoms with Crippen molar-refractivity contribution in [3.63, 3.8) is 0 Å². The van der Waals surface area contributed by atoms with Gasteiger partial charge in [0.05, 0.1) is 6.10 Å². The molecule has 0 aromatic carbocycles. The molecule has 1 aliphatic carbocycles. The number of nitrogens with one attached hydrogen (secondary N) is 1. The predicted molar refractivity (Wildman–Crippen MR) is 112 cm³/mol. The van der Waals surface area contributed by atoms with Crippen molar-refractivity contribution in [1.82, 2.24) is 10.2 Å². The molecule has 0 aromatic heterocycles. The van der Waals surface area contributed by atoms with Crippen LogP contribution in [0.3, 0.4) is 0 Å². The Balaban J connectivity index is 0.00000264. The Hall–Kier alpha value is 0.310.